The molecule has 0 heterocycles. The van der Waals surface area contributed by atoms with Crippen LogP contribution in [0.15, 0.2) is 17.0 Å². The van der Waals surface area contributed by atoms with Crippen LogP contribution in [0.1, 0.15) is 24.8 Å². The van der Waals surface area contributed by atoms with Crippen LogP contribution in [-0.2, 0) is 14.8 Å². The lowest BCUT2D eigenvalue weighted by Crippen LogP contribution is -2.26. The summed E-state index contributed by atoms with van der Waals surface area (Å²) in [6, 6.07) is 2.28. The first-order chi connectivity index (χ1) is 9.24. The van der Waals surface area contributed by atoms with Gasteiger partial charge in [-0.15, -0.1) is 0 Å². The predicted molar refractivity (Wildman–Crippen MR) is 73.8 cm³/mol. The Kier molecular flexibility index (Phi) is 5.46. The van der Waals surface area contributed by atoms with E-state index in [4.69, 9.17) is 11.5 Å². The molecule has 0 unspecified atom stereocenters. The molecule has 0 aromatic heterocycles. The number of nitrogens with one attached hydrogen (secondary N) is 1. The minimum atomic E-state index is -3.82. The third-order valence-electron chi connectivity index (χ3n) is 2.75. The maximum Gasteiger partial charge on any atom is 0.241 e. The highest BCUT2D eigenvalue weighted by Gasteiger charge is 2.19. The number of carbonyl (C=O) groups excluding carboxylic acids is 1. The predicted octanol–water partition coefficient (Wildman–Crippen LogP) is 0.650. The van der Waals surface area contributed by atoms with Crippen LogP contribution >= 0.6 is 0 Å². The van der Waals surface area contributed by atoms with Gasteiger partial charge in [-0.1, -0.05) is 0 Å². The molecule has 1 aromatic rings. The number of rotatable bonds is 7. The van der Waals surface area contributed by atoms with E-state index in [0.717, 1.165) is 6.07 Å². The molecule has 0 spiro atoms. The molecule has 0 aliphatic rings. The number of primary amides is 1. The van der Waals surface area contributed by atoms with Gasteiger partial charge in [0.15, 0.2) is 0 Å². The number of carbonyl (C=O) groups is 1. The van der Waals surface area contributed by atoms with Crippen LogP contribution in [0.25, 0.3) is 0 Å². The summed E-state index contributed by atoms with van der Waals surface area (Å²) in [6.45, 7) is 1.52. The smallest absolute Gasteiger partial charge is 0.241 e. The number of unbranched alkanes of at least 4 members (excludes halogenated alkanes) is 1. The molecule has 0 atom stereocenters. The number of amides is 1. The molecule has 1 aromatic carbocycles. The Morgan fingerprint density at radius 3 is 2.60 bits per heavy atom. The highest BCUT2D eigenvalue weighted by molar-refractivity contribution is 7.89. The lowest BCUT2D eigenvalue weighted by atomic mass is 10.2. The lowest BCUT2D eigenvalue weighted by molar-refractivity contribution is -0.118. The summed E-state index contributed by atoms with van der Waals surface area (Å²) in [4.78, 5) is 10.4. The van der Waals surface area contributed by atoms with Crippen LogP contribution in [0.5, 0.6) is 0 Å². The van der Waals surface area contributed by atoms with Crippen molar-refractivity contribution < 1.29 is 17.6 Å². The Labute approximate surface area is 117 Å². The lowest BCUT2D eigenvalue weighted by Gasteiger charge is -2.10. The first-order valence-electron chi connectivity index (χ1n) is 6.07. The number of sulfonamides is 1. The maximum absolute atomic E-state index is 13.5. The summed E-state index contributed by atoms with van der Waals surface area (Å²) in [5, 5.41) is 0. The second-order valence-electron chi connectivity index (χ2n) is 4.45. The maximum atomic E-state index is 13.5. The van der Waals surface area contributed by atoms with Gasteiger partial charge in [-0.05, 0) is 31.9 Å². The third kappa shape index (κ3) is 4.46. The van der Waals surface area contributed by atoms with Crippen LogP contribution < -0.4 is 16.2 Å². The van der Waals surface area contributed by atoms with Gasteiger partial charge in [-0.25, -0.2) is 17.5 Å². The largest absolute Gasteiger partial charge is 0.399 e. The Bertz CT molecular complexity index is 602. The Morgan fingerprint density at radius 1 is 1.35 bits per heavy atom. The first kappa shape index (κ1) is 16.4. The van der Waals surface area contributed by atoms with Gasteiger partial charge >= 0.3 is 0 Å². The number of anilines is 1. The van der Waals surface area contributed by atoms with Gasteiger partial charge in [0.2, 0.25) is 15.9 Å². The van der Waals surface area contributed by atoms with Crippen LogP contribution in [0, 0.1) is 12.7 Å². The molecule has 0 aliphatic heterocycles. The van der Waals surface area contributed by atoms with E-state index in [2.05, 4.69) is 4.72 Å². The van der Waals surface area contributed by atoms with E-state index >= 15 is 0 Å². The highest BCUT2D eigenvalue weighted by Crippen LogP contribution is 2.21. The minimum Gasteiger partial charge on any atom is -0.399 e. The summed E-state index contributed by atoms with van der Waals surface area (Å²) < 4.78 is 39.9. The molecule has 112 valence electrons. The molecule has 6 nitrogen and oxygen atoms in total. The van der Waals surface area contributed by atoms with Crippen molar-refractivity contribution >= 4 is 21.6 Å². The van der Waals surface area contributed by atoms with Crippen molar-refractivity contribution in [3.05, 3.63) is 23.5 Å². The zero-order valence-electron chi connectivity index (χ0n) is 11.1. The monoisotopic (exact) mass is 303 g/mol. The average molecular weight is 303 g/mol. The van der Waals surface area contributed by atoms with Crippen LogP contribution in [0.3, 0.4) is 0 Å². The van der Waals surface area contributed by atoms with Gasteiger partial charge < -0.3 is 11.5 Å². The molecule has 0 bridgehead atoms. The average Bonchev–Trinajstić information content (AvgIpc) is 2.32. The van der Waals surface area contributed by atoms with E-state index in [1.807, 2.05) is 0 Å². The number of nitrogen functional groups attached to an aromatic ring is 1. The van der Waals surface area contributed by atoms with Crippen molar-refractivity contribution in [2.24, 2.45) is 5.73 Å². The van der Waals surface area contributed by atoms with Crippen molar-refractivity contribution in [3.8, 4) is 0 Å². The number of benzene rings is 1. The fourth-order valence-electron chi connectivity index (χ4n) is 1.66. The van der Waals surface area contributed by atoms with Crippen LogP contribution in [0.4, 0.5) is 10.1 Å². The molecule has 0 aliphatic carbocycles. The van der Waals surface area contributed by atoms with Crippen LogP contribution in [-0.4, -0.2) is 20.9 Å². The standard InChI is InChI=1S/C12H18FN3O3S/c1-8-10(13)6-9(14)7-11(8)20(18,19)16-5-3-2-4-12(15)17/h6-7,16H,2-5,14H2,1H3,(H2,15,17). The molecule has 8 heteroatoms. The first-order valence-corrected chi connectivity index (χ1v) is 7.56. The second-order valence-corrected chi connectivity index (χ2v) is 6.18. The fraction of sp³-hybridized carbons (Fsp3) is 0.417. The molecule has 0 saturated heterocycles. The zero-order chi connectivity index (χ0) is 15.3. The van der Waals surface area contributed by atoms with E-state index in [1.54, 1.807) is 0 Å². The van der Waals surface area contributed by atoms with Gasteiger partial charge in [0.1, 0.15) is 5.82 Å². The summed E-state index contributed by atoms with van der Waals surface area (Å²) in [7, 11) is -3.82. The molecule has 20 heavy (non-hydrogen) atoms. The Morgan fingerprint density at radius 2 is 2.00 bits per heavy atom. The van der Waals surface area contributed by atoms with Gasteiger partial charge in [0, 0.05) is 24.2 Å². The third-order valence-corrected chi connectivity index (χ3v) is 4.34. The molecule has 1 rings (SSSR count). The molecule has 0 radical (unpaired) electrons. The van der Waals surface area contributed by atoms with Gasteiger partial charge in [0.25, 0.3) is 0 Å². The Balaban J connectivity index is 2.72. The number of nitrogens with two attached hydrogens (primary N) is 2. The van der Waals surface area contributed by atoms with Crippen molar-refractivity contribution in [1.29, 1.82) is 0 Å². The second kappa shape index (κ2) is 6.67. The van der Waals surface area contributed by atoms with E-state index < -0.39 is 21.7 Å². The van der Waals surface area contributed by atoms with Gasteiger partial charge in [-0.3, -0.25) is 4.79 Å². The van der Waals surface area contributed by atoms with Crippen molar-refractivity contribution in [1.82, 2.24) is 4.72 Å². The van der Waals surface area contributed by atoms with E-state index in [1.165, 1.54) is 13.0 Å². The van der Waals surface area contributed by atoms with E-state index in [0.29, 0.717) is 12.8 Å². The number of halogens is 1. The normalized spacial score (nSPS) is 11.5. The zero-order valence-corrected chi connectivity index (χ0v) is 12.0. The van der Waals surface area contributed by atoms with Crippen molar-refractivity contribution in [2.45, 2.75) is 31.1 Å². The summed E-state index contributed by atoms with van der Waals surface area (Å²) in [5.74, 6) is -1.10. The molecule has 1 amide bonds. The Hall–Kier alpha value is -1.67. The molecule has 0 saturated carbocycles. The highest BCUT2D eigenvalue weighted by atomic mass is 32.2. The minimum absolute atomic E-state index is 0.0174. The number of hydrogen-bond acceptors (Lipinski definition) is 4. The molecular formula is C12H18FN3O3S. The van der Waals surface area contributed by atoms with Gasteiger partial charge in [0.05, 0.1) is 4.90 Å². The molecule has 0 fully saturated rings. The summed E-state index contributed by atoms with van der Waals surface area (Å²) >= 11 is 0. The van der Waals surface area contributed by atoms with E-state index in [9.17, 15) is 17.6 Å². The topological polar surface area (TPSA) is 115 Å². The van der Waals surface area contributed by atoms with Gasteiger partial charge in [-0.2, -0.15) is 0 Å². The van der Waals surface area contributed by atoms with Crippen molar-refractivity contribution in [2.75, 3.05) is 12.3 Å². The van der Waals surface area contributed by atoms with E-state index in [-0.39, 0.29) is 29.1 Å². The number of hydrogen-bond donors (Lipinski definition) is 3. The fourth-order valence-corrected chi connectivity index (χ4v) is 3.02. The molecular weight excluding hydrogens is 285 g/mol. The van der Waals surface area contributed by atoms with Crippen LogP contribution in [0.2, 0.25) is 0 Å². The van der Waals surface area contributed by atoms with Crippen molar-refractivity contribution in [3.63, 3.8) is 0 Å². The summed E-state index contributed by atoms with van der Waals surface area (Å²) in [5.41, 5.74) is 10.5. The quantitative estimate of drug-likeness (QED) is 0.506. The SMILES string of the molecule is Cc1c(F)cc(N)cc1S(=O)(=O)NCCCCC(N)=O. The summed E-state index contributed by atoms with van der Waals surface area (Å²) in [6.07, 6.45) is 1.15. The molecule has 5 N–H and O–H groups in total.